The van der Waals surface area contributed by atoms with Crippen molar-refractivity contribution in [3.05, 3.63) is 30.1 Å². The van der Waals surface area contributed by atoms with E-state index in [2.05, 4.69) is 4.98 Å². The van der Waals surface area contributed by atoms with E-state index in [4.69, 9.17) is 4.74 Å². The molecule has 0 amide bonds. The Morgan fingerprint density at radius 1 is 1.33 bits per heavy atom. The summed E-state index contributed by atoms with van der Waals surface area (Å²) in [5.41, 5.74) is 1.09. The maximum Gasteiger partial charge on any atom is 0.0517 e. The van der Waals surface area contributed by atoms with Gasteiger partial charge in [-0.3, -0.25) is 4.98 Å². The number of pyridine rings is 1. The van der Waals surface area contributed by atoms with Gasteiger partial charge in [0.05, 0.1) is 6.61 Å². The summed E-state index contributed by atoms with van der Waals surface area (Å²) in [4.78, 5) is 4.14. The molecule has 1 aromatic heterocycles. The zero-order valence-corrected chi connectivity index (χ0v) is 8.08. The van der Waals surface area contributed by atoms with E-state index >= 15 is 0 Å². The predicted molar refractivity (Wildman–Crippen MR) is 51.2 cm³/mol. The Morgan fingerprint density at radius 2 is 2.08 bits per heavy atom. The third kappa shape index (κ3) is 4.85. The van der Waals surface area contributed by atoms with Crippen LogP contribution in [0.1, 0.15) is 19.5 Å². The highest BCUT2D eigenvalue weighted by atomic mass is 16.5. The molecule has 1 rings (SSSR count). The molecule has 0 aliphatic carbocycles. The number of rotatable bonds is 3. The maximum absolute atomic E-state index is 4.91. The van der Waals surface area contributed by atoms with Crippen molar-refractivity contribution < 1.29 is 4.74 Å². The van der Waals surface area contributed by atoms with Gasteiger partial charge in [-0.25, -0.2) is 0 Å². The van der Waals surface area contributed by atoms with Crippen molar-refractivity contribution in [2.24, 2.45) is 0 Å². The molecule has 12 heavy (non-hydrogen) atoms. The molecule has 0 bridgehead atoms. The third-order valence-electron chi connectivity index (χ3n) is 1.29. The van der Waals surface area contributed by atoms with Crippen molar-refractivity contribution in [1.29, 1.82) is 0 Å². The van der Waals surface area contributed by atoms with Gasteiger partial charge in [0.2, 0.25) is 0 Å². The van der Waals surface area contributed by atoms with Crippen LogP contribution in [-0.4, -0.2) is 18.7 Å². The summed E-state index contributed by atoms with van der Waals surface area (Å²) in [5, 5.41) is 0. The number of nitrogens with zero attached hydrogens (tertiary/aromatic N) is 1. The average Bonchev–Trinajstić information content (AvgIpc) is 2.19. The molecule has 0 fully saturated rings. The van der Waals surface area contributed by atoms with Crippen molar-refractivity contribution >= 4 is 0 Å². The topological polar surface area (TPSA) is 22.1 Å². The molecule has 1 aromatic rings. The summed E-state index contributed by atoms with van der Waals surface area (Å²) in [6.07, 6.45) is 2.70. The fraction of sp³-hybridized carbons (Fsp3) is 0.500. The van der Waals surface area contributed by atoms with E-state index in [0.29, 0.717) is 0 Å². The highest BCUT2D eigenvalue weighted by Gasteiger charge is 1.89. The van der Waals surface area contributed by atoms with E-state index < -0.39 is 0 Å². The highest BCUT2D eigenvalue weighted by molar-refractivity contribution is 5.03. The van der Waals surface area contributed by atoms with Gasteiger partial charge in [0.15, 0.2) is 0 Å². The fourth-order valence-corrected chi connectivity index (χ4v) is 0.753. The van der Waals surface area contributed by atoms with Crippen LogP contribution in [0.25, 0.3) is 0 Å². The van der Waals surface area contributed by atoms with Gasteiger partial charge >= 0.3 is 0 Å². The molecule has 2 nitrogen and oxygen atoms in total. The first-order chi connectivity index (χ1) is 5.93. The molecule has 0 saturated carbocycles. The molecule has 0 N–H and O–H groups in total. The van der Waals surface area contributed by atoms with Crippen LogP contribution in [0.3, 0.4) is 0 Å². The molecular formula is C10H17NO. The second-order valence-corrected chi connectivity index (χ2v) is 2.06. The van der Waals surface area contributed by atoms with E-state index in [1.54, 1.807) is 13.3 Å². The minimum atomic E-state index is 0.747. The zero-order valence-electron chi connectivity index (χ0n) is 8.08. The molecule has 0 aliphatic heterocycles. The number of aromatic nitrogens is 1. The molecule has 68 valence electrons. The second-order valence-electron chi connectivity index (χ2n) is 2.06. The van der Waals surface area contributed by atoms with Gasteiger partial charge in [-0.05, 0) is 12.1 Å². The van der Waals surface area contributed by atoms with Crippen LogP contribution in [0.2, 0.25) is 0 Å². The smallest absolute Gasteiger partial charge is 0.0517 e. The van der Waals surface area contributed by atoms with Crippen molar-refractivity contribution in [2.45, 2.75) is 20.3 Å². The summed E-state index contributed by atoms with van der Waals surface area (Å²) < 4.78 is 4.91. The van der Waals surface area contributed by atoms with Gasteiger partial charge in [0, 0.05) is 25.4 Å². The summed E-state index contributed by atoms with van der Waals surface area (Å²) in [6.45, 7) is 4.75. The Balaban J connectivity index is 0.000000561. The molecule has 0 radical (unpaired) electrons. The Morgan fingerprint density at radius 3 is 2.58 bits per heavy atom. The normalized spacial score (nSPS) is 8.58. The van der Waals surface area contributed by atoms with Crippen molar-refractivity contribution in [1.82, 2.24) is 4.98 Å². The molecule has 2 heteroatoms. The Bertz CT molecular complexity index is 174. The monoisotopic (exact) mass is 167 g/mol. The van der Waals surface area contributed by atoms with E-state index in [9.17, 15) is 0 Å². The van der Waals surface area contributed by atoms with Crippen molar-refractivity contribution in [2.75, 3.05) is 13.7 Å². The van der Waals surface area contributed by atoms with Gasteiger partial charge in [0.1, 0.15) is 0 Å². The number of hydrogen-bond donors (Lipinski definition) is 0. The molecule has 0 aromatic carbocycles. The first-order valence-corrected chi connectivity index (χ1v) is 4.32. The number of methoxy groups -OCH3 is 1. The minimum absolute atomic E-state index is 0.747. The summed E-state index contributed by atoms with van der Waals surface area (Å²) in [7, 11) is 1.70. The fourth-order valence-electron chi connectivity index (χ4n) is 0.753. The molecule has 0 spiro atoms. The first kappa shape index (κ1) is 11.1. The van der Waals surface area contributed by atoms with E-state index in [-0.39, 0.29) is 0 Å². The number of hydrogen-bond acceptors (Lipinski definition) is 2. The molecular weight excluding hydrogens is 150 g/mol. The van der Waals surface area contributed by atoms with Gasteiger partial charge in [-0.1, -0.05) is 19.9 Å². The largest absolute Gasteiger partial charge is 0.384 e. The van der Waals surface area contributed by atoms with Gasteiger partial charge in [-0.15, -0.1) is 0 Å². The Kier molecular flexibility index (Phi) is 7.60. The first-order valence-electron chi connectivity index (χ1n) is 4.32. The van der Waals surface area contributed by atoms with Crippen molar-refractivity contribution in [3.8, 4) is 0 Å². The summed E-state index contributed by atoms with van der Waals surface area (Å²) >= 11 is 0. The maximum atomic E-state index is 4.91. The Hall–Kier alpha value is -0.890. The van der Waals surface area contributed by atoms with Crippen LogP contribution in [0, 0.1) is 0 Å². The lowest BCUT2D eigenvalue weighted by Gasteiger charge is -1.96. The lowest BCUT2D eigenvalue weighted by Crippen LogP contribution is -1.95. The lowest BCUT2D eigenvalue weighted by atomic mass is 10.3. The molecule has 0 saturated heterocycles. The van der Waals surface area contributed by atoms with Gasteiger partial charge in [0.25, 0.3) is 0 Å². The van der Waals surface area contributed by atoms with Crippen molar-refractivity contribution in [3.63, 3.8) is 0 Å². The summed E-state index contributed by atoms with van der Waals surface area (Å²) in [5.74, 6) is 0. The molecule has 0 atom stereocenters. The van der Waals surface area contributed by atoms with Gasteiger partial charge in [-0.2, -0.15) is 0 Å². The predicted octanol–water partition coefficient (Wildman–Crippen LogP) is 2.30. The average molecular weight is 167 g/mol. The van der Waals surface area contributed by atoms with E-state index in [1.807, 2.05) is 32.0 Å². The highest BCUT2D eigenvalue weighted by Crippen LogP contribution is 1.93. The quantitative estimate of drug-likeness (QED) is 0.689. The Labute approximate surface area is 74.6 Å². The lowest BCUT2D eigenvalue weighted by molar-refractivity contribution is 0.201. The van der Waals surface area contributed by atoms with Crippen LogP contribution in [0.5, 0.6) is 0 Å². The molecule has 0 aliphatic rings. The van der Waals surface area contributed by atoms with E-state index in [1.165, 1.54) is 0 Å². The molecule has 0 unspecified atom stereocenters. The number of ether oxygens (including phenoxy) is 1. The standard InChI is InChI=1S/C8H11NO.C2H6/c1-10-7-5-8-4-2-3-6-9-8;1-2/h2-4,6H,5,7H2,1H3;1-2H3. The zero-order chi connectivity index (χ0) is 9.23. The van der Waals surface area contributed by atoms with Crippen LogP contribution in [0.15, 0.2) is 24.4 Å². The van der Waals surface area contributed by atoms with E-state index in [0.717, 1.165) is 18.7 Å². The van der Waals surface area contributed by atoms with Crippen LogP contribution >= 0.6 is 0 Å². The van der Waals surface area contributed by atoms with Crippen LogP contribution < -0.4 is 0 Å². The van der Waals surface area contributed by atoms with Crippen LogP contribution in [0.4, 0.5) is 0 Å². The van der Waals surface area contributed by atoms with Crippen LogP contribution in [-0.2, 0) is 11.2 Å². The van der Waals surface area contributed by atoms with Gasteiger partial charge < -0.3 is 4.74 Å². The SMILES string of the molecule is CC.COCCc1ccccn1. The molecule has 1 heterocycles. The third-order valence-corrected chi connectivity index (χ3v) is 1.29. The summed E-state index contributed by atoms with van der Waals surface area (Å²) in [6, 6.07) is 5.90. The minimum Gasteiger partial charge on any atom is -0.384 e. The second kappa shape index (κ2) is 8.21.